The molecule has 0 aliphatic carbocycles. The molecule has 9 heteroatoms. The lowest BCUT2D eigenvalue weighted by Crippen LogP contribution is -2.13. The van der Waals surface area contributed by atoms with Gasteiger partial charge < -0.3 is 19.9 Å². The number of H-pyrrole nitrogens is 1. The normalized spacial score (nSPS) is 11.9. The van der Waals surface area contributed by atoms with Gasteiger partial charge in [-0.3, -0.25) is 4.79 Å². The molecule has 0 aliphatic rings. The van der Waals surface area contributed by atoms with E-state index in [0.717, 1.165) is 28.2 Å². The first kappa shape index (κ1) is 19.3. The van der Waals surface area contributed by atoms with Crippen LogP contribution in [0.1, 0.15) is 24.4 Å². The highest BCUT2D eigenvalue weighted by atomic mass is 35.5. The molecule has 0 saturated heterocycles. The van der Waals surface area contributed by atoms with Crippen molar-refractivity contribution in [2.24, 2.45) is 5.73 Å². The summed E-state index contributed by atoms with van der Waals surface area (Å²) in [5, 5.41) is 9.33. The third-order valence-corrected chi connectivity index (χ3v) is 4.26. The second-order valence-electron chi connectivity index (χ2n) is 5.17. The van der Waals surface area contributed by atoms with Gasteiger partial charge in [-0.2, -0.15) is 0 Å². The molecule has 2 heterocycles. The second-order valence-corrected chi connectivity index (χ2v) is 6.10. The molecular weight excluding hydrogens is 364 g/mol. The number of aromatic amines is 1. The summed E-state index contributed by atoms with van der Waals surface area (Å²) >= 11 is 1.14. The molecule has 7 nitrogen and oxygen atoms in total. The molecule has 1 atom stereocenters. The molecule has 2 aromatic heterocycles. The topological polar surface area (TPSA) is 107 Å². The average molecular weight is 383 g/mol. The van der Waals surface area contributed by atoms with Crippen molar-refractivity contribution in [2.75, 3.05) is 12.4 Å². The molecule has 0 saturated carbocycles. The first-order valence-electron chi connectivity index (χ1n) is 7.59. The van der Waals surface area contributed by atoms with E-state index in [1.165, 1.54) is 0 Å². The number of fused-ring (bicyclic) bond motifs is 1. The van der Waals surface area contributed by atoms with E-state index in [9.17, 15) is 4.79 Å². The lowest BCUT2D eigenvalue weighted by molar-refractivity contribution is -0.139. The summed E-state index contributed by atoms with van der Waals surface area (Å²) in [6.07, 6.45) is 2.52. The lowest BCUT2D eigenvalue weighted by Gasteiger charge is -2.05. The van der Waals surface area contributed by atoms with Crippen LogP contribution >= 0.6 is 24.2 Å². The molecule has 1 aromatic carbocycles. The Hall–Kier alpha value is -2.03. The maximum absolute atomic E-state index is 11.3. The van der Waals surface area contributed by atoms with Gasteiger partial charge in [0.1, 0.15) is 5.75 Å². The number of nitrogens with one attached hydrogen (secondary N) is 1. The Balaban J connectivity index is 0.00000225. The van der Waals surface area contributed by atoms with Crippen LogP contribution in [-0.4, -0.2) is 33.5 Å². The Morgan fingerprint density at radius 2 is 2.20 bits per heavy atom. The van der Waals surface area contributed by atoms with Gasteiger partial charge in [-0.25, -0.2) is 0 Å². The number of nitrogens with two attached hydrogens (primary N) is 1. The van der Waals surface area contributed by atoms with E-state index in [4.69, 9.17) is 14.9 Å². The van der Waals surface area contributed by atoms with Gasteiger partial charge in [0.25, 0.3) is 5.22 Å². The van der Waals surface area contributed by atoms with Crippen LogP contribution in [0.2, 0.25) is 0 Å². The van der Waals surface area contributed by atoms with Gasteiger partial charge in [-0.05, 0) is 25.0 Å². The summed E-state index contributed by atoms with van der Waals surface area (Å²) in [5.41, 5.74) is 8.34. The summed E-state index contributed by atoms with van der Waals surface area (Å²) in [6, 6.07) is 7.62. The minimum atomic E-state index is -0.409. The maximum atomic E-state index is 11.3. The highest BCUT2D eigenvalue weighted by molar-refractivity contribution is 7.99. The first-order valence-corrected chi connectivity index (χ1v) is 8.58. The molecule has 0 radical (unpaired) electrons. The fourth-order valence-corrected chi connectivity index (χ4v) is 2.94. The van der Waals surface area contributed by atoms with Gasteiger partial charge in [0.2, 0.25) is 5.89 Å². The molecule has 134 valence electrons. The number of ether oxygens (including phenoxy) is 1. The van der Waals surface area contributed by atoms with Crippen molar-refractivity contribution in [1.29, 1.82) is 0 Å². The van der Waals surface area contributed by atoms with Crippen LogP contribution in [0.5, 0.6) is 0 Å². The van der Waals surface area contributed by atoms with Crippen LogP contribution in [0.3, 0.4) is 0 Å². The Morgan fingerprint density at radius 1 is 1.40 bits per heavy atom. The number of esters is 1. The molecule has 0 aliphatic heterocycles. The van der Waals surface area contributed by atoms with Crippen LogP contribution in [0.15, 0.2) is 40.1 Å². The zero-order valence-electron chi connectivity index (χ0n) is 13.6. The number of rotatable bonds is 7. The van der Waals surface area contributed by atoms with Crippen molar-refractivity contribution >= 4 is 41.0 Å². The molecule has 0 amide bonds. The van der Waals surface area contributed by atoms with Gasteiger partial charge in [0, 0.05) is 17.1 Å². The average Bonchev–Trinajstić information content (AvgIpc) is 3.21. The molecule has 0 fully saturated rings. The Bertz CT molecular complexity index is 836. The van der Waals surface area contributed by atoms with E-state index in [2.05, 4.69) is 15.2 Å². The number of hydrogen-bond acceptors (Lipinski definition) is 7. The van der Waals surface area contributed by atoms with Crippen molar-refractivity contribution in [2.45, 2.75) is 24.6 Å². The summed E-state index contributed by atoms with van der Waals surface area (Å²) in [7, 11) is 0. The fourth-order valence-electron chi connectivity index (χ4n) is 2.38. The molecule has 0 spiro atoms. The van der Waals surface area contributed by atoms with Crippen molar-refractivity contribution in [3.63, 3.8) is 0 Å². The molecular formula is C16H19ClN4O3S. The smallest absolute Gasteiger partial charge is 0.316 e. The zero-order chi connectivity index (χ0) is 16.9. The Morgan fingerprint density at radius 3 is 3.00 bits per heavy atom. The first-order chi connectivity index (χ1) is 11.7. The van der Waals surface area contributed by atoms with Crippen LogP contribution in [0.25, 0.3) is 10.9 Å². The van der Waals surface area contributed by atoms with Crippen LogP contribution in [-0.2, 0) is 16.0 Å². The number of hydrogen-bond donors (Lipinski definition) is 2. The van der Waals surface area contributed by atoms with Crippen LogP contribution in [0, 0.1) is 0 Å². The number of aromatic nitrogens is 3. The van der Waals surface area contributed by atoms with E-state index in [-0.39, 0.29) is 24.1 Å². The van der Waals surface area contributed by atoms with Crippen molar-refractivity contribution in [3.05, 3.63) is 41.9 Å². The fraction of sp³-hybridized carbons (Fsp3) is 0.312. The SMILES string of the molecule is CCOC(=O)CSc1nnc([C@@H](N)Cc2c[nH]c3ccccc23)o1.Cl. The highest BCUT2D eigenvalue weighted by Gasteiger charge is 2.18. The second kappa shape index (κ2) is 8.89. The summed E-state index contributed by atoms with van der Waals surface area (Å²) in [4.78, 5) is 14.5. The number of nitrogens with zero attached hydrogens (tertiary/aromatic N) is 2. The van der Waals surface area contributed by atoms with Gasteiger partial charge in [0.15, 0.2) is 0 Å². The van der Waals surface area contributed by atoms with Crippen LogP contribution in [0.4, 0.5) is 0 Å². The molecule has 0 unspecified atom stereocenters. The lowest BCUT2D eigenvalue weighted by atomic mass is 10.1. The van der Waals surface area contributed by atoms with E-state index < -0.39 is 6.04 Å². The number of carbonyl (C=O) groups excluding carboxylic acids is 1. The predicted molar refractivity (Wildman–Crippen MR) is 97.8 cm³/mol. The number of thioether (sulfide) groups is 1. The number of halogens is 1. The van der Waals surface area contributed by atoms with E-state index in [0.29, 0.717) is 24.1 Å². The Kier molecular flexibility index (Phi) is 6.86. The summed E-state index contributed by atoms with van der Waals surface area (Å²) in [5.74, 6) is 0.171. The molecule has 3 N–H and O–H groups in total. The van der Waals surface area contributed by atoms with Crippen molar-refractivity contribution in [3.8, 4) is 0 Å². The van der Waals surface area contributed by atoms with E-state index in [1.54, 1.807) is 6.92 Å². The molecule has 25 heavy (non-hydrogen) atoms. The van der Waals surface area contributed by atoms with Crippen molar-refractivity contribution in [1.82, 2.24) is 15.2 Å². The maximum Gasteiger partial charge on any atom is 0.316 e. The van der Waals surface area contributed by atoms with Gasteiger partial charge in [-0.1, -0.05) is 30.0 Å². The monoisotopic (exact) mass is 382 g/mol. The van der Waals surface area contributed by atoms with E-state index >= 15 is 0 Å². The standard InChI is InChI=1S/C16H18N4O3S.ClH/c1-2-22-14(21)9-24-16-20-19-15(23-16)12(17)7-10-8-18-13-6-4-3-5-11(10)13;/h3-6,8,12,18H,2,7,9,17H2,1H3;1H/t12-;/m0./s1. The minimum Gasteiger partial charge on any atom is -0.465 e. The van der Waals surface area contributed by atoms with Crippen molar-refractivity contribution < 1.29 is 13.9 Å². The number of para-hydroxylation sites is 1. The molecule has 0 bridgehead atoms. The van der Waals surface area contributed by atoms with Gasteiger partial charge >= 0.3 is 5.97 Å². The predicted octanol–water partition coefficient (Wildman–Crippen LogP) is 2.87. The third kappa shape index (κ3) is 4.75. The zero-order valence-corrected chi connectivity index (χ0v) is 15.2. The quantitative estimate of drug-likeness (QED) is 0.477. The highest BCUT2D eigenvalue weighted by Crippen LogP contribution is 2.24. The minimum absolute atomic E-state index is 0. The largest absolute Gasteiger partial charge is 0.465 e. The van der Waals surface area contributed by atoms with Crippen LogP contribution < -0.4 is 5.73 Å². The van der Waals surface area contributed by atoms with Gasteiger partial charge in [0.05, 0.1) is 12.6 Å². The number of carbonyl (C=O) groups is 1. The molecule has 3 rings (SSSR count). The third-order valence-electron chi connectivity index (χ3n) is 3.47. The molecule has 3 aromatic rings. The Labute approximate surface area is 155 Å². The van der Waals surface area contributed by atoms with E-state index in [1.807, 2.05) is 30.5 Å². The van der Waals surface area contributed by atoms with Gasteiger partial charge in [-0.15, -0.1) is 22.6 Å². The summed E-state index contributed by atoms with van der Waals surface area (Å²) in [6.45, 7) is 2.11. The number of benzene rings is 1. The summed E-state index contributed by atoms with van der Waals surface area (Å²) < 4.78 is 10.4.